The monoisotopic (exact) mass is 258 g/mol. The largest absolute Gasteiger partial charge is 0.406 e. The number of anilines is 1. The highest BCUT2D eigenvalue weighted by Gasteiger charge is 2.11. The van der Waals surface area contributed by atoms with Crippen LogP contribution in [0.2, 0.25) is 0 Å². The molecule has 0 aliphatic carbocycles. The number of nitrogens with zero attached hydrogens (tertiary/aromatic N) is 2. The topological polar surface area (TPSA) is 63.0 Å². The first-order valence-corrected chi connectivity index (χ1v) is 7.31. The van der Waals surface area contributed by atoms with Gasteiger partial charge in [-0.25, -0.2) is 0 Å². The van der Waals surface area contributed by atoms with E-state index in [1.165, 1.54) is 5.75 Å². The highest BCUT2D eigenvalue weighted by molar-refractivity contribution is 7.99. The lowest BCUT2D eigenvalue weighted by Crippen LogP contribution is -2.17. The summed E-state index contributed by atoms with van der Waals surface area (Å²) < 4.78 is 5.50. The summed E-state index contributed by atoms with van der Waals surface area (Å²) in [5.74, 6) is 2.97. The average molecular weight is 258 g/mol. The minimum absolute atomic E-state index is 0.110. The van der Waals surface area contributed by atoms with Crippen LogP contribution in [-0.2, 0) is 0 Å². The van der Waals surface area contributed by atoms with Crippen molar-refractivity contribution in [1.82, 2.24) is 15.5 Å². The minimum Gasteiger partial charge on any atom is -0.406 e. The predicted octanol–water partition coefficient (Wildman–Crippen LogP) is 2.30. The zero-order valence-corrected chi connectivity index (χ0v) is 11.6. The lowest BCUT2D eigenvalue weighted by molar-refractivity contribution is 0.429. The van der Waals surface area contributed by atoms with Gasteiger partial charge in [0, 0.05) is 6.54 Å². The molecule has 0 fully saturated rings. The molecule has 0 amide bonds. The molecule has 0 saturated carbocycles. The van der Waals surface area contributed by atoms with Gasteiger partial charge >= 0.3 is 6.01 Å². The molecule has 5 nitrogen and oxygen atoms in total. The van der Waals surface area contributed by atoms with Gasteiger partial charge in [-0.1, -0.05) is 18.9 Å². The molecule has 6 heteroatoms. The number of thioether (sulfide) groups is 1. The van der Waals surface area contributed by atoms with Crippen molar-refractivity contribution in [2.75, 3.05) is 29.9 Å². The standard InChI is InChI=1S/C11H22N4OS/c1-4-12-9(3)10-14-15-11(16-10)13-7-6-8-17-5-2/h9,12H,4-8H2,1-3H3,(H,13,15). The van der Waals surface area contributed by atoms with E-state index in [0.29, 0.717) is 11.9 Å². The Bertz CT molecular complexity index is 305. The van der Waals surface area contributed by atoms with Crippen LogP contribution in [0.1, 0.15) is 39.1 Å². The van der Waals surface area contributed by atoms with E-state index in [4.69, 9.17) is 4.42 Å². The zero-order valence-electron chi connectivity index (χ0n) is 10.8. The lowest BCUT2D eigenvalue weighted by Gasteiger charge is -2.05. The fraction of sp³-hybridized carbons (Fsp3) is 0.818. The molecule has 1 aromatic rings. The van der Waals surface area contributed by atoms with E-state index in [1.54, 1.807) is 0 Å². The van der Waals surface area contributed by atoms with Crippen molar-refractivity contribution in [2.45, 2.75) is 33.2 Å². The summed E-state index contributed by atoms with van der Waals surface area (Å²) in [6.45, 7) is 8.01. The summed E-state index contributed by atoms with van der Waals surface area (Å²) in [5, 5.41) is 14.3. The second kappa shape index (κ2) is 8.36. The van der Waals surface area contributed by atoms with Crippen LogP contribution in [0.15, 0.2) is 4.42 Å². The van der Waals surface area contributed by atoms with Crippen molar-refractivity contribution >= 4 is 17.8 Å². The van der Waals surface area contributed by atoms with Crippen molar-refractivity contribution in [2.24, 2.45) is 0 Å². The molecule has 1 heterocycles. The van der Waals surface area contributed by atoms with Crippen LogP contribution < -0.4 is 10.6 Å². The van der Waals surface area contributed by atoms with Gasteiger partial charge in [0.1, 0.15) is 0 Å². The molecule has 0 aliphatic heterocycles. The van der Waals surface area contributed by atoms with Gasteiger partial charge in [0.2, 0.25) is 5.89 Å². The molecule has 0 aromatic carbocycles. The quantitative estimate of drug-likeness (QED) is 0.663. The van der Waals surface area contributed by atoms with E-state index in [0.717, 1.165) is 25.3 Å². The fourth-order valence-electron chi connectivity index (χ4n) is 1.39. The fourth-order valence-corrected chi connectivity index (χ4v) is 2.03. The van der Waals surface area contributed by atoms with Crippen LogP contribution in [0, 0.1) is 0 Å². The minimum atomic E-state index is 0.110. The van der Waals surface area contributed by atoms with Gasteiger partial charge in [0.25, 0.3) is 0 Å². The van der Waals surface area contributed by atoms with E-state index in [9.17, 15) is 0 Å². The smallest absolute Gasteiger partial charge is 0.315 e. The summed E-state index contributed by atoms with van der Waals surface area (Å²) in [6, 6.07) is 0.630. The first kappa shape index (κ1) is 14.3. The van der Waals surface area contributed by atoms with Crippen LogP contribution in [0.5, 0.6) is 0 Å². The molecule has 1 aromatic heterocycles. The third-order valence-corrected chi connectivity index (χ3v) is 3.25. The summed E-state index contributed by atoms with van der Waals surface area (Å²) in [7, 11) is 0. The van der Waals surface area contributed by atoms with Crippen LogP contribution in [0.25, 0.3) is 0 Å². The van der Waals surface area contributed by atoms with Crippen molar-refractivity contribution in [3.63, 3.8) is 0 Å². The molecular formula is C11H22N4OS. The van der Waals surface area contributed by atoms with Gasteiger partial charge in [-0.2, -0.15) is 11.8 Å². The maximum atomic E-state index is 5.50. The van der Waals surface area contributed by atoms with Gasteiger partial charge in [0.15, 0.2) is 0 Å². The highest BCUT2D eigenvalue weighted by Crippen LogP contribution is 2.13. The zero-order chi connectivity index (χ0) is 12.5. The van der Waals surface area contributed by atoms with Crippen LogP contribution in [0.3, 0.4) is 0 Å². The number of nitrogens with one attached hydrogen (secondary N) is 2. The van der Waals surface area contributed by atoms with Crippen LogP contribution in [-0.4, -0.2) is 34.8 Å². The van der Waals surface area contributed by atoms with Gasteiger partial charge < -0.3 is 15.1 Å². The van der Waals surface area contributed by atoms with E-state index in [-0.39, 0.29) is 6.04 Å². The molecule has 1 unspecified atom stereocenters. The summed E-state index contributed by atoms with van der Waals surface area (Å²) in [4.78, 5) is 0. The second-order valence-corrected chi connectivity index (χ2v) is 5.10. The van der Waals surface area contributed by atoms with Crippen molar-refractivity contribution in [3.8, 4) is 0 Å². The highest BCUT2D eigenvalue weighted by atomic mass is 32.2. The molecule has 1 atom stereocenters. The van der Waals surface area contributed by atoms with Gasteiger partial charge in [-0.3, -0.25) is 0 Å². The Hall–Kier alpha value is -0.750. The molecule has 98 valence electrons. The normalized spacial score (nSPS) is 12.6. The number of aromatic nitrogens is 2. The second-order valence-electron chi connectivity index (χ2n) is 3.70. The molecule has 0 radical (unpaired) electrons. The molecule has 0 spiro atoms. The Labute approximate surface area is 107 Å². The Kier molecular flexibility index (Phi) is 7.04. The SMILES string of the molecule is CCNC(C)c1nnc(NCCCSCC)o1. The van der Waals surface area contributed by atoms with Crippen LogP contribution in [0.4, 0.5) is 6.01 Å². The maximum Gasteiger partial charge on any atom is 0.315 e. The van der Waals surface area contributed by atoms with Gasteiger partial charge in [-0.15, -0.1) is 5.10 Å². The first-order valence-electron chi connectivity index (χ1n) is 6.16. The average Bonchev–Trinajstić information content (AvgIpc) is 2.78. The number of hydrogen-bond donors (Lipinski definition) is 2. The Morgan fingerprint density at radius 2 is 2.18 bits per heavy atom. The number of hydrogen-bond acceptors (Lipinski definition) is 6. The maximum absolute atomic E-state index is 5.50. The number of rotatable bonds is 9. The third-order valence-electron chi connectivity index (χ3n) is 2.27. The van der Waals surface area contributed by atoms with E-state index < -0.39 is 0 Å². The van der Waals surface area contributed by atoms with Crippen molar-refractivity contribution in [1.29, 1.82) is 0 Å². The summed E-state index contributed by atoms with van der Waals surface area (Å²) in [5.41, 5.74) is 0. The summed E-state index contributed by atoms with van der Waals surface area (Å²) in [6.07, 6.45) is 1.11. The lowest BCUT2D eigenvalue weighted by atomic mass is 10.3. The van der Waals surface area contributed by atoms with E-state index in [2.05, 4.69) is 34.7 Å². The van der Waals surface area contributed by atoms with Crippen molar-refractivity contribution in [3.05, 3.63) is 5.89 Å². The molecule has 2 N–H and O–H groups in total. The molecule has 0 aliphatic rings. The Morgan fingerprint density at radius 3 is 2.88 bits per heavy atom. The molecule has 0 bridgehead atoms. The molecule has 1 rings (SSSR count). The Morgan fingerprint density at radius 1 is 1.35 bits per heavy atom. The van der Waals surface area contributed by atoms with Gasteiger partial charge in [0.05, 0.1) is 6.04 Å². The third kappa shape index (κ3) is 5.41. The van der Waals surface area contributed by atoms with Crippen LogP contribution >= 0.6 is 11.8 Å². The molecular weight excluding hydrogens is 236 g/mol. The molecule has 17 heavy (non-hydrogen) atoms. The summed E-state index contributed by atoms with van der Waals surface area (Å²) >= 11 is 1.94. The first-order chi connectivity index (χ1) is 8.27. The van der Waals surface area contributed by atoms with Gasteiger partial charge in [-0.05, 0) is 31.4 Å². The Balaban J connectivity index is 2.25. The van der Waals surface area contributed by atoms with Crippen molar-refractivity contribution < 1.29 is 4.42 Å². The molecule has 0 saturated heterocycles. The van der Waals surface area contributed by atoms with E-state index >= 15 is 0 Å². The predicted molar refractivity (Wildman–Crippen MR) is 72.5 cm³/mol. The van der Waals surface area contributed by atoms with E-state index in [1.807, 2.05) is 18.7 Å².